The number of piperidine rings is 1. The first-order valence-corrected chi connectivity index (χ1v) is 7.32. The lowest BCUT2D eigenvalue weighted by molar-refractivity contribution is 0.125. The average molecular weight is 263 g/mol. The third-order valence-electron chi connectivity index (χ3n) is 3.65. The van der Waals surface area contributed by atoms with Crippen LogP contribution in [-0.4, -0.2) is 42.7 Å². The quantitative estimate of drug-likeness (QED) is 0.856. The number of anilines is 1. The van der Waals surface area contributed by atoms with Gasteiger partial charge in [-0.05, 0) is 38.9 Å². The van der Waals surface area contributed by atoms with Crippen molar-refractivity contribution in [2.45, 2.75) is 38.6 Å². The van der Waals surface area contributed by atoms with Gasteiger partial charge in [-0.1, -0.05) is 13.3 Å². The van der Waals surface area contributed by atoms with E-state index in [9.17, 15) is 0 Å². The molecule has 0 bridgehead atoms. The van der Waals surface area contributed by atoms with Crippen molar-refractivity contribution in [2.24, 2.45) is 0 Å². The van der Waals surface area contributed by atoms with Crippen molar-refractivity contribution in [2.75, 3.05) is 32.1 Å². The van der Waals surface area contributed by atoms with Crippen LogP contribution in [0.3, 0.4) is 0 Å². The molecule has 1 unspecified atom stereocenters. The van der Waals surface area contributed by atoms with Gasteiger partial charge in [0.15, 0.2) is 0 Å². The first-order valence-electron chi connectivity index (χ1n) is 7.32. The Morgan fingerprint density at radius 2 is 2.37 bits per heavy atom. The molecule has 1 aliphatic heterocycles. The minimum atomic E-state index is 0.550. The van der Waals surface area contributed by atoms with Crippen molar-refractivity contribution < 1.29 is 4.74 Å². The number of hydrogen-bond acceptors (Lipinski definition) is 4. The molecule has 106 valence electrons. The van der Waals surface area contributed by atoms with E-state index in [-0.39, 0.29) is 0 Å². The molecular formula is C15H25N3O. The van der Waals surface area contributed by atoms with Crippen molar-refractivity contribution in [1.82, 2.24) is 9.88 Å². The first-order chi connectivity index (χ1) is 9.29. The lowest BCUT2D eigenvalue weighted by atomic mass is 10.0. The van der Waals surface area contributed by atoms with Crippen LogP contribution in [0.5, 0.6) is 5.75 Å². The van der Waals surface area contributed by atoms with Gasteiger partial charge in [0, 0.05) is 24.8 Å². The maximum atomic E-state index is 5.91. The van der Waals surface area contributed by atoms with Crippen molar-refractivity contribution in [3.63, 3.8) is 0 Å². The van der Waals surface area contributed by atoms with Gasteiger partial charge in [-0.15, -0.1) is 0 Å². The Hall–Kier alpha value is -1.29. The second-order valence-corrected chi connectivity index (χ2v) is 5.24. The van der Waals surface area contributed by atoms with Crippen molar-refractivity contribution in [3.8, 4) is 5.75 Å². The van der Waals surface area contributed by atoms with E-state index in [1.54, 1.807) is 6.20 Å². The van der Waals surface area contributed by atoms with Gasteiger partial charge in [-0.25, -0.2) is 4.98 Å². The Kier molecular flexibility index (Phi) is 5.45. The predicted octanol–water partition coefficient (Wildman–Crippen LogP) is 2.77. The van der Waals surface area contributed by atoms with E-state index < -0.39 is 0 Å². The minimum Gasteiger partial charge on any atom is -0.492 e. The number of aromatic nitrogens is 1. The number of hydrogen-bond donors (Lipinski definition) is 1. The van der Waals surface area contributed by atoms with Gasteiger partial charge in [0.1, 0.15) is 18.2 Å². The summed E-state index contributed by atoms with van der Waals surface area (Å²) in [7, 11) is 2.19. The number of pyridine rings is 1. The molecule has 0 aliphatic carbocycles. The van der Waals surface area contributed by atoms with Crippen LogP contribution in [0.1, 0.15) is 32.6 Å². The molecule has 1 aromatic heterocycles. The lowest BCUT2D eigenvalue weighted by Gasteiger charge is -2.32. The summed E-state index contributed by atoms with van der Waals surface area (Å²) in [5.74, 6) is 1.81. The van der Waals surface area contributed by atoms with E-state index in [0.29, 0.717) is 6.04 Å². The van der Waals surface area contributed by atoms with Gasteiger partial charge in [0.2, 0.25) is 0 Å². The fourth-order valence-electron chi connectivity index (χ4n) is 2.40. The second kappa shape index (κ2) is 7.34. The molecule has 0 spiro atoms. The highest BCUT2D eigenvalue weighted by Crippen LogP contribution is 2.18. The molecule has 1 saturated heterocycles. The smallest absolute Gasteiger partial charge is 0.129 e. The van der Waals surface area contributed by atoms with Gasteiger partial charge < -0.3 is 15.0 Å². The van der Waals surface area contributed by atoms with Crippen LogP contribution in [0.25, 0.3) is 0 Å². The number of likely N-dealkylation sites (tertiary alicyclic amines) is 1. The topological polar surface area (TPSA) is 37.4 Å². The molecule has 2 rings (SSSR count). The Morgan fingerprint density at radius 1 is 1.47 bits per heavy atom. The predicted molar refractivity (Wildman–Crippen MR) is 78.8 cm³/mol. The lowest BCUT2D eigenvalue weighted by Crippen LogP contribution is -2.40. The Morgan fingerprint density at radius 3 is 3.16 bits per heavy atom. The van der Waals surface area contributed by atoms with Gasteiger partial charge in [0.25, 0.3) is 0 Å². The number of nitrogens with one attached hydrogen (secondary N) is 1. The SMILES string of the molecule is CCCNc1cc(OCC2CCCCN2C)ccn1. The molecule has 0 amide bonds. The number of rotatable bonds is 6. The first kappa shape index (κ1) is 14.1. The van der Waals surface area contributed by atoms with Crippen LogP contribution >= 0.6 is 0 Å². The van der Waals surface area contributed by atoms with Crippen LogP contribution in [0.4, 0.5) is 5.82 Å². The Labute approximate surface area is 116 Å². The fourth-order valence-corrected chi connectivity index (χ4v) is 2.40. The third kappa shape index (κ3) is 4.39. The average Bonchev–Trinajstić information content (AvgIpc) is 2.45. The summed E-state index contributed by atoms with van der Waals surface area (Å²) in [6, 6.07) is 4.47. The Bertz CT molecular complexity index is 383. The van der Waals surface area contributed by atoms with E-state index in [1.165, 1.54) is 25.8 Å². The van der Waals surface area contributed by atoms with Crippen LogP contribution < -0.4 is 10.1 Å². The molecule has 1 fully saturated rings. The fraction of sp³-hybridized carbons (Fsp3) is 0.667. The molecule has 2 heterocycles. The van der Waals surface area contributed by atoms with E-state index in [1.807, 2.05) is 12.1 Å². The summed E-state index contributed by atoms with van der Waals surface area (Å²) < 4.78 is 5.91. The van der Waals surface area contributed by atoms with Crippen LogP contribution in [-0.2, 0) is 0 Å². The van der Waals surface area contributed by atoms with Gasteiger partial charge in [-0.3, -0.25) is 0 Å². The minimum absolute atomic E-state index is 0.550. The molecule has 1 aromatic rings. The van der Waals surface area contributed by atoms with Gasteiger partial charge in [0.05, 0.1) is 0 Å². The monoisotopic (exact) mass is 263 g/mol. The molecule has 1 atom stereocenters. The summed E-state index contributed by atoms with van der Waals surface area (Å²) >= 11 is 0. The molecule has 0 saturated carbocycles. The number of ether oxygens (including phenoxy) is 1. The number of nitrogens with zero attached hydrogens (tertiary/aromatic N) is 2. The molecule has 0 radical (unpaired) electrons. The maximum absolute atomic E-state index is 5.91. The van der Waals surface area contributed by atoms with E-state index in [0.717, 1.165) is 31.1 Å². The summed E-state index contributed by atoms with van der Waals surface area (Å²) in [6.07, 6.45) is 6.77. The normalized spacial score (nSPS) is 20.2. The third-order valence-corrected chi connectivity index (χ3v) is 3.65. The van der Waals surface area contributed by atoms with Crippen molar-refractivity contribution >= 4 is 5.82 Å². The number of likely N-dealkylation sites (N-methyl/N-ethyl adjacent to an activating group) is 1. The second-order valence-electron chi connectivity index (χ2n) is 5.24. The molecular weight excluding hydrogens is 238 g/mol. The highest BCUT2D eigenvalue weighted by Gasteiger charge is 2.19. The molecule has 4 nitrogen and oxygen atoms in total. The van der Waals surface area contributed by atoms with E-state index in [2.05, 4.69) is 29.2 Å². The van der Waals surface area contributed by atoms with Crippen LogP contribution in [0, 0.1) is 0 Å². The molecule has 0 aromatic carbocycles. The summed E-state index contributed by atoms with van der Waals surface area (Å²) in [6.45, 7) is 5.05. The van der Waals surface area contributed by atoms with Gasteiger partial charge in [-0.2, -0.15) is 0 Å². The van der Waals surface area contributed by atoms with E-state index in [4.69, 9.17) is 4.74 Å². The van der Waals surface area contributed by atoms with Crippen LogP contribution in [0.15, 0.2) is 18.3 Å². The molecule has 1 N–H and O–H groups in total. The summed E-state index contributed by atoms with van der Waals surface area (Å²) in [5.41, 5.74) is 0. The standard InChI is InChI=1S/C15H25N3O/c1-3-8-16-15-11-14(7-9-17-15)19-12-13-6-4-5-10-18(13)2/h7,9,11,13H,3-6,8,10,12H2,1-2H3,(H,16,17). The summed E-state index contributed by atoms with van der Waals surface area (Å²) in [4.78, 5) is 6.69. The maximum Gasteiger partial charge on any atom is 0.129 e. The molecule has 4 heteroatoms. The highest BCUT2D eigenvalue weighted by molar-refractivity contribution is 5.40. The highest BCUT2D eigenvalue weighted by atomic mass is 16.5. The van der Waals surface area contributed by atoms with Crippen molar-refractivity contribution in [3.05, 3.63) is 18.3 Å². The zero-order chi connectivity index (χ0) is 13.5. The zero-order valence-corrected chi connectivity index (χ0v) is 12.1. The molecule has 1 aliphatic rings. The molecule has 19 heavy (non-hydrogen) atoms. The largest absolute Gasteiger partial charge is 0.492 e. The zero-order valence-electron chi connectivity index (χ0n) is 12.1. The Balaban J connectivity index is 1.84. The van der Waals surface area contributed by atoms with Crippen molar-refractivity contribution in [1.29, 1.82) is 0 Å². The van der Waals surface area contributed by atoms with Gasteiger partial charge >= 0.3 is 0 Å². The van der Waals surface area contributed by atoms with E-state index >= 15 is 0 Å². The summed E-state index contributed by atoms with van der Waals surface area (Å²) in [5, 5.41) is 3.28. The van der Waals surface area contributed by atoms with Crippen LogP contribution in [0.2, 0.25) is 0 Å².